The van der Waals surface area contributed by atoms with Gasteiger partial charge in [0, 0.05) is 59.8 Å². The second-order valence-corrected chi connectivity index (χ2v) is 7.75. The van der Waals surface area contributed by atoms with E-state index in [0.29, 0.717) is 37.8 Å². The van der Waals surface area contributed by atoms with Crippen molar-refractivity contribution in [3.63, 3.8) is 0 Å². The molecule has 1 atom stereocenters. The normalized spacial score (nSPS) is 20.7. The third kappa shape index (κ3) is 7.20. The molecule has 1 aromatic rings. The quantitative estimate of drug-likeness (QED) is 0.343. The Morgan fingerprint density at radius 2 is 1.91 bits per heavy atom. The number of halogens is 4. The lowest BCUT2D eigenvalue weighted by Gasteiger charge is -2.36. The molecule has 1 aromatic carbocycles. The molecule has 2 aliphatic heterocycles. The molecule has 1 N–H and O–H groups in total. The number of rotatable bonds is 4. The van der Waals surface area contributed by atoms with E-state index in [2.05, 4.69) is 15.2 Å². The van der Waals surface area contributed by atoms with Crippen LogP contribution in [0.15, 0.2) is 29.3 Å². The van der Waals surface area contributed by atoms with Gasteiger partial charge < -0.3 is 19.9 Å². The lowest BCUT2D eigenvalue weighted by atomic mass is 10.0. The van der Waals surface area contributed by atoms with Crippen molar-refractivity contribution in [3.05, 3.63) is 35.4 Å². The summed E-state index contributed by atoms with van der Waals surface area (Å²) in [7, 11) is 1.70. The summed E-state index contributed by atoms with van der Waals surface area (Å²) in [5.74, 6) is 0.823. The van der Waals surface area contributed by atoms with Crippen LogP contribution in [0.3, 0.4) is 0 Å². The van der Waals surface area contributed by atoms with E-state index >= 15 is 0 Å². The fourth-order valence-corrected chi connectivity index (χ4v) is 3.90. The van der Waals surface area contributed by atoms with Crippen molar-refractivity contribution >= 4 is 35.8 Å². The summed E-state index contributed by atoms with van der Waals surface area (Å²) in [6.45, 7) is 7.74. The summed E-state index contributed by atoms with van der Waals surface area (Å²) >= 11 is 0. The first-order valence-electron chi connectivity index (χ1n) is 10.5. The predicted octanol–water partition coefficient (Wildman–Crippen LogP) is 2.44. The average Bonchev–Trinajstić information content (AvgIpc) is 2.76. The summed E-state index contributed by atoms with van der Waals surface area (Å²) in [6, 6.07) is 5.31. The summed E-state index contributed by atoms with van der Waals surface area (Å²) in [5.41, 5.74) is -0.156. The van der Waals surface area contributed by atoms with Gasteiger partial charge in [-0.3, -0.25) is 14.7 Å². The fourth-order valence-electron chi connectivity index (χ4n) is 3.90. The Kier molecular flexibility index (Phi) is 10.0. The first-order chi connectivity index (χ1) is 14.8. The van der Waals surface area contributed by atoms with E-state index in [-0.39, 0.29) is 29.9 Å². The van der Waals surface area contributed by atoms with Crippen LogP contribution in [0.25, 0.3) is 0 Å². The molecule has 3 rings (SSSR count). The molecule has 1 amide bonds. The van der Waals surface area contributed by atoms with Crippen molar-refractivity contribution in [3.8, 4) is 0 Å². The number of alkyl halides is 3. The van der Waals surface area contributed by atoms with Gasteiger partial charge in [-0.1, -0.05) is 12.1 Å². The highest BCUT2D eigenvalue weighted by molar-refractivity contribution is 14.0. The number of carbonyl (C=O) groups is 1. The van der Waals surface area contributed by atoms with Gasteiger partial charge in [-0.25, -0.2) is 0 Å². The zero-order valence-electron chi connectivity index (χ0n) is 18.4. The first-order valence-corrected chi connectivity index (χ1v) is 10.5. The standard InChI is InChI=1S/C21H30F3N5O2.HI/c1-16(30)28-10-8-27(9-11-28)7-6-26-20(25-2)29-12-13-31-19(15-29)17-4-3-5-18(14-17)21(22,23)24;/h3-5,14,19H,6-13,15H2,1-2H3,(H,25,26);1H. The monoisotopic (exact) mass is 569 g/mol. The second kappa shape index (κ2) is 12.0. The smallest absolute Gasteiger partial charge is 0.370 e. The molecule has 180 valence electrons. The maximum absolute atomic E-state index is 13.0. The van der Waals surface area contributed by atoms with Crippen molar-refractivity contribution in [1.29, 1.82) is 0 Å². The Bertz CT molecular complexity index is 785. The second-order valence-electron chi connectivity index (χ2n) is 7.75. The molecule has 0 aromatic heterocycles. The van der Waals surface area contributed by atoms with Crippen LogP contribution in [-0.4, -0.2) is 92.6 Å². The van der Waals surface area contributed by atoms with Crippen LogP contribution in [0.1, 0.15) is 24.2 Å². The maximum atomic E-state index is 13.0. The molecular weight excluding hydrogens is 538 g/mol. The maximum Gasteiger partial charge on any atom is 0.416 e. The van der Waals surface area contributed by atoms with Crippen LogP contribution in [0.5, 0.6) is 0 Å². The lowest BCUT2D eigenvalue weighted by Crippen LogP contribution is -2.52. The van der Waals surface area contributed by atoms with Gasteiger partial charge in [-0.2, -0.15) is 13.2 Å². The molecule has 2 fully saturated rings. The van der Waals surface area contributed by atoms with Crippen molar-refractivity contribution in [2.75, 3.05) is 66.0 Å². The molecular formula is C21H31F3IN5O2. The zero-order chi connectivity index (χ0) is 22.4. The van der Waals surface area contributed by atoms with Gasteiger partial charge >= 0.3 is 6.18 Å². The first kappa shape index (κ1) is 26.7. The predicted molar refractivity (Wildman–Crippen MR) is 127 cm³/mol. The number of amides is 1. The molecule has 7 nitrogen and oxygen atoms in total. The van der Waals surface area contributed by atoms with Crippen LogP contribution in [-0.2, 0) is 15.7 Å². The number of nitrogens with one attached hydrogen (secondary N) is 1. The van der Waals surface area contributed by atoms with E-state index < -0.39 is 17.8 Å². The van der Waals surface area contributed by atoms with Gasteiger partial charge in [0.15, 0.2) is 5.96 Å². The number of carbonyl (C=O) groups excluding carboxylic acids is 1. The average molecular weight is 569 g/mol. The minimum Gasteiger partial charge on any atom is -0.370 e. The van der Waals surface area contributed by atoms with Gasteiger partial charge in [0.2, 0.25) is 5.91 Å². The third-order valence-electron chi connectivity index (χ3n) is 5.69. The molecule has 2 aliphatic rings. The third-order valence-corrected chi connectivity index (χ3v) is 5.69. The summed E-state index contributed by atoms with van der Waals surface area (Å²) < 4.78 is 44.9. The molecule has 2 heterocycles. The van der Waals surface area contributed by atoms with Gasteiger partial charge in [-0.05, 0) is 17.7 Å². The highest BCUT2D eigenvalue weighted by Gasteiger charge is 2.32. The molecule has 0 spiro atoms. The minimum atomic E-state index is -4.38. The highest BCUT2D eigenvalue weighted by atomic mass is 127. The molecule has 0 saturated carbocycles. The molecule has 2 saturated heterocycles. The number of hydrogen-bond donors (Lipinski definition) is 1. The summed E-state index contributed by atoms with van der Waals surface area (Å²) in [6.07, 6.45) is -4.83. The Labute approximate surface area is 204 Å². The molecule has 0 aliphatic carbocycles. The van der Waals surface area contributed by atoms with Crippen LogP contribution in [0, 0.1) is 0 Å². The minimum absolute atomic E-state index is 0. The Morgan fingerprint density at radius 1 is 1.19 bits per heavy atom. The topological polar surface area (TPSA) is 60.4 Å². The Balaban J connectivity index is 0.00000363. The largest absolute Gasteiger partial charge is 0.416 e. The summed E-state index contributed by atoms with van der Waals surface area (Å²) in [5, 5.41) is 3.35. The number of aliphatic imine (C=N–C) groups is 1. The van der Waals surface area contributed by atoms with E-state index in [1.165, 1.54) is 6.07 Å². The molecule has 0 radical (unpaired) electrons. The van der Waals surface area contributed by atoms with Crippen molar-refractivity contribution < 1.29 is 22.7 Å². The van der Waals surface area contributed by atoms with E-state index in [0.717, 1.165) is 44.9 Å². The number of morpholine rings is 1. The number of nitrogens with zero attached hydrogens (tertiary/aromatic N) is 4. The van der Waals surface area contributed by atoms with Crippen LogP contribution in [0.2, 0.25) is 0 Å². The van der Waals surface area contributed by atoms with Crippen molar-refractivity contribution in [2.24, 2.45) is 4.99 Å². The number of hydrogen-bond acceptors (Lipinski definition) is 4. The highest BCUT2D eigenvalue weighted by Crippen LogP contribution is 2.32. The Morgan fingerprint density at radius 3 is 2.53 bits per heavy atom. The van der Waals surface area contributed by atoms with E-state index in [1.54, 1.807) is 20.0 Å². The van der Waals surface area contributed by atoms with Crippen molar-refractivity contribution in [2.45, 2.75) is 19.2 Å². The Hall–Kier alpha value is -1.60. The fraction of sp³-hybridized carbons (Fsp3) is 0.619. The number of ether oxygens (including phenoxy) is 1. The van der Waals surface area contributed by atoms with Gasteiger partial charge in [0.1, 0.15) is 6.10 Å². The van der Waals surface area contributed by atoms with E-state index in [4.69, 9.17) is 4.74 Å². The molecule has 1 unspecified atom stereocenters. The zero-order valence-corrected chi connectivity index (χ0v) is 20.7. The van der Waals surface area contributed by atoms with Gasteiger partial charge in [-0.15, -0.1) is 24.0 Å². The number of benzene rings is 1. The van der Waals surface area contributed by atoms with Gasteiger partial charge in [0.25, 0.3) is 0 Å². The lowest BCUT2D eigenvalue weighted by molar-refractivity contribution is -0.137. The SMILES string of the molecule is CN=C(NCCN1CCN(C(C)=O)CC1)N1CCOC(c2cccc(C(F)(F)F)c2)C1.I. The molecule has 11 heteroatoms. The van der Waals surface area contributed by atoms with Crippen molar-refractivity contribution in [1.82, 2.24) is 20.0 Å². The van der Waals surface area contributed by atoms with Crippen LogP contribution < -0.4 is 5.32 Å². The number of guanidine groups is 1. The van der Waals surface area contributed by atoms with Crippen LogP contribution in [0.4, 0.5) is 13.2 Å². The molecule has 0 bridgehead atoms. The summed E-state index contributed by atoms with van der Waals surface area (Å²) in [4.78, 5) is 21.9. The van der Waals surface area contributed by atoms with E-state index in [1.807, 2.05) is 9.80 Å². The van der Waals surface area contributed by atoms with E-state index in [9.17, 15) is 18.0 Å². The van der Waals surface area contributed by atoms with Gasteiger partial charge in [0.05, 0.1) is 18.7 Å². The molecule has 32 heavy (non-hydrogen) atoms. The van der Waals surface area contributed by atoms with Crippen LogP contribution >= 0.6 is 24.0 Å². The number of piperazine rings is 1.